The van der Waals surface area contributed by atoms with Gasteiger partial charge in [-0.2, -0.15) is 5.46 Å². The van der Waals surface area contributed by atoms with E-state index in [1.807, 2.05) is 30.5 Å². The summed E-state index contributed by atoms with van der Waals surface area (Å²) in [5.74, 6) is 1.14. The number of nitrogens with zero attached hydrogens (tertiary/aromatic N) is 4. The van der Waals surface area contributed by atoms with Crippen LogP contribution in [0.3, 0.4) is 0 Å². The largest absolute Gasteiger partial charge is 2.00 e. The number of aromatic nitrogens is 2. The number of ether oxygens (including phenoxy) is 1. The minimum absolute atomic E-state index is 0. The van der Waals surface area contributed by atoms with Gasteiger partial charge in [-0.3, -0.25) is 0 Å². The van der Waals surface area contributed by atoms with Crippen LogP contribution in [0, 0.1) is 12.1 Å². The third-order valence-corrected chi connectivity index (χ3v) is 9.55. The molecule has 4 heterocycles. The third-order valence-electron chi connectivity index (χ3n) is 9.55. The van der Waals surface area contributed by atoms with Gasteiger partial charge in [0.2, 0.25) is 12.6 Å². The molecule has 0 aliphatic carbocycles. The van der Waals surface area contributed by atoms with Gasteiger partial charge in [0.25, 0.3) is 0 Å². The summed E-state index contributed by atoms with van der Waals surface area (Å²) in [6.07, 6.45) is 3.65. The molecule has 7 aromatic rings. The smallest absolute Gasteiger partial charge is 0.466 e. The van der Waals surface area contributed by atoms with Crippen molar-refractivity contribution in [1.29, 1.82) is 0 Å². The van der Waals surface area contributed by atoms with Crippen LogP contribution in [0.1, 0.15) is 26.3 Å². The molecule has 0 saturated carbocycles. The van der Waals surface area contributed by atoms with Gasteiger partial charge in [-0.1, -0.05) is 81.1 Å². The third kappa shape index (κ3) is 5.74. The summed E-state index contributed by atoms with van der Waals surface area (Å²) in [5, 5.41) is 0. The number of rotatable bonds is 5. The van der Waals surface area contributed by atoms with Crippen LogP contribution >= 0.6 is 0 Å². The summed E-state index contributed by atoms with van der Waals surface area (Å²) in [4.78, 5) is 14.0. The first-order valence-corrected chi connectivity index (χ1v) is 17.0. The Labute approximate surface area is 314 Å². The quantitative estimate of drug-likeness (QED) is 0.128. The van der Waals surface area contributed by atoms with Crippen molar-refractivity contribution in [3.63, 3.8) is 0 Å². The number of hydrogen-bond donors (Lipinski definition) is 0. The van der Waals surface area contributed by atoms with Crippen LogP contribution in [0.15, 0.2) is 146 Å². The monoisotopic (exact) mass is 839 g/mol. The van der Waals surface area contributed by atoms with Gasteiger partial charge in [-0.15, -0.1) is 47.4 Å². The Balaban J connectivity index is 0.00000374. The van der Waals surface area contributed by atoms with Crippen LogP contribution < -0.4 is 30.9 Å². The maximum atomic E-state index is 6.32. The molecule has 0 amide bonds. The molecule has 0 N–H and O–H groups in total. The molecule has 0 radical (unpaired) electrons. The second kappa shape index (κ2) is 13.0. The average Bonchev–Trinajstić information content (AvgIpc) is 3.15. The van der Waals surface area contributed by atoms with E-state index in [0.717, 1.165) is 56.3 Å². The molecule has 0 fully saturated rings. The number of fused-ring (bicyclic) bond motifs is 4. The topological polar surface area (TPSA) is 41.5 Å². The van der Waals surface area contributed by atoms with Crippen LogP contribution in [0.2, 0.25) is 0 Å². The van der Waals surface area contributed by atoms with Crippen LogP contribution in [0.25, 0.3) is 11.3 Å². The zero-order valence-corrected chi connectivity index (χ0v) is 30.7. The van der Waals surface area contributed by atoms with Gasteiger partial charge in [0.05, 0.1) is 0 Å². The fourth-order valence-corrected chi connectivity index (χ4v) is 7.22. The minimum Gasteiger partial charge on any atom is -0.466 e. The Kier molecular flexibility index (Phi) is 8.36. The summed E-state index contributed by atoms with van der Waals surface area (Å²) >= 11 is 0. The van der Waals surface area contributed by atoms with Crippen molar-refractivity contribution in [2.24, 2.45) is 0 Å². The molecule has 248 valence electrons. The van der Waals surface area contributed by atoms with Gasteiger partial charge in [-0.25, -0.2) is 4.98 Å². The average molecular weight is 840 g/mol. The van der Waals surface area contributed by atoms with E-state index in [2.05, 4.69) is 157 Å². The van der Waals surface area contributed by atoms with Crippen molar-refractivity contribution in [3.05, 3.63) is 164 Å². The van der Waals surface area contributed by atoms with E-state index in [0.29, 0.717) is 11.6 Å². The van der Waals surface area contributed by atoms with Crippen molar-refractivity contribution in [1.82, 2.24) is 9.97 Å². The summed E-state index contributed by atoms with van der Waals surface area (Å²) in [6, 6.07) is 53.9. The summed E-state index contributed by atoms with van der Waals surface area (Å²) in [6.45, 7) is 6.52. The van der Waals surface area contributed by atoms with E-state index >= 15 is 0 Å². The number of benzene rings is 5. The van der Waals surface area contributed by atoms with Gasteiger partial charge in [-0.05, 0) is 76.4 Å². The van der Waals surface area contributed by atoms with Gasteiger partial charge >= 0.3 is 21.1 Å². The summed E-state index contributed by atoms with van der Waals surface area (Å²) in [7, 11) is 0. The molecule has 0 bridgehead atoms. The Bertz CT molecular complexity index is 2350. The Morgan fingerprint density at radius 3 is 1.84 bits per heavy atom. The molecule has 51 heavy (non-hydrogen) atoms. The molecule has 5 aromatic carbocycles. The fourth-order valence-electron chi connectivity index (χ4n) is 7.22. The Hall–Kier alpha value is -5.45. The van der Waals surface area contributed by atoms with E-state index in [-0.39, 0.29) is 33.2 Å². The first kappa shape index (κ1) is 32.7. The first-order chi connectivity index (χ1) is 24.4. The molecule has 0 spiro atoms. The molecule has 9 rings (SSSR count). The molecule has 2 aliphatic heterocycles. The number of hydrogen-bond acceptors (Lipinski definition) is 5. The predicted octanol–water partition coefficient (Wildman–Crippen LogP) is 8.91. The predicted molar refractivity (Wildman–Crippen MR) is 204 cm³/mol. The van der Waals surface area contributed by atoms with Gasteiger partial charge in [0.15, 0.2) is 0 Å². The van der Waals surface area contributed by atoms with E-state index in [9.17, 15) is 0 Å². The van der Waals surface area contributed by atoms with E-state index in [4.69, 9.17) is 9.72 Å². The van der Waals surface area contributed by atoms with Crippen LogP contribution in [0.4, 0.5) is 34.1 Å². The molecule has 2 aliphatic rings. The van der Waals surface area contributed by atoms with Crippen LogP contribution in [-0.2, 0) is 26.5 Å². The molecule has 7 heteroatoms. The maximum absolute atomic E-state index is 6.32. The van der Waals surface area contributed by atoms with Crippen molar-refractivity contribution in [2.45, 2.75) is 26.2 Å². The minimum atomic E-state index is -0.177. The molecule has 0 unspecified atom stereocenters. The Morgan fingerprint density at radius 2 is 1.22 bits per heavy atom. The van der Waals surface area contributed by atoms with Gasteiger partial charge in [0, 0.05) is 47.0 Å². The van der Waals surface area contributed by atoms with E-state index < -0.39 is 0 Å². The normalized spacial score (nSPS) is 12.7. The Morgan fingerprint density at radius 1 is 0.588 bits per heavy atom. The van der Waals surface area contributed by atoms with Gasteiger partial charge in [0.1, 0.15) is 0 Å². The zero-order chi connectivity index (χ0) is 33.8. The van der Waals surface area contributed by atoms with Crippen molar-refractivity contribution < 1.29 is 25.8 Å². The summed E-state index contributed by atoms with van der Waals surface area (Å²) in [5.41, 5.74) is 12.9. The molecular weight excluding hydrogens is 806 g/mol. The molecular formula is C44H33BN4OPt. The van der Waals surface area contributed by atoms with E-state index in [1.165, 1.54) is 11.0 Å². The molecule has 0 saturated heterocycles. The molecule has 2 aromatic heterocycles. The summed E-state index contributed by atoms with van der Waals surface area (Å²) < 4.78 is 6.32. The number of pyridine rings is 2. The van der Waals surface area contributed by atoms with Crippen LogP contribution in [0.5, 0.6) is 11.6 Å². The standard InChI is InChI=1S/C44H33BN4O.Pt/c1-44(2,3)31-24-26-46-37(28-31)30-20-22-38-35(27-30)45-36-29-34(50-42-19-10-11-25-47-42)21-23-39(36)49(33-15-8-5-9-16-33)41-18-12-17-40(43(41)45)48(38)32-13-6-4-7-14-32;/h4-26,28H,1-3H3;/q-2;+2. The second-order valence-corrected chi connectivity index (χ2v) is 13.7. The van der Waals surface area contributed by atoms with Crippen LogP contribution in [-0.4, -0.2) is 16.7 Å². The molecule has 0 atom stereocenters. The molecule has 5 nitrogen and oxygen atoms in total. The van der Waals surface area contributed by atoms with Crippen molar-refractivity contribution >= 4 is 57.2 Å². The maximum Gasteiger partial charge on any atom is 2.00 e. The fraction of sp³-hybridized carbons (Fsp3) is 0.0909. The first-order valence-electron chi connectivity index (χ1n) is 17.0. The SMILES string of the molecule is CC(C)(C)c1ccnc(-c2[c-]c3c(cc2)N(c2ccccc2)c2cccc4c2B3c2[c-]c(Oc3ccccn3)ccc2N4c2ccccc2)c1.[Pt+2]. The van der Waals surface area contributed by atoms with E-state index in [1.54, 1.807) is 6.20 Å². The number of para-hydroxylation sites is 2. The second-order valence-electron chi connectivity index (χ2n) is 13.7. The van der Waals surface area contributed by atoms with Crippen molar-refractivity contribution in [2.75, 3.05) is 9.80 Å². The zero-order valence-electron chi connectivity index (χ0n) is 28.4. The number of anilines is 6. The van der Waals surface area contributed by atoms with Gasteiger partial charge < -0.3 is 19.5 Å². The van der Waals surface area contributed by atoms with Crippen molar-refractivity contribution in [3.8, 4) is 22.9 Å².